The summed E-state index contributed by atoms with van der Waals surface area (Å²) < 4.78 is 14.3. The van der Waals surface area contributed by atoms with Gasteiger partial charge in [0.2, 0.25) is 0 Å². The molecule has 1 N–H and O–H groups in total. The van der Waals surface area contributed by atoms with Crippen LogP contribution in [0.3, 0.4) is 0 Å². The molecule has 0 bridgehead atoms. The maximum Gasteiger partial charge on any atom is 0.317 e. The number of amides is 3. The molecule has 6 nitrogen and oxygen atoms in total. The predicted molar refractivity (Wildman–Crippen MR) is 153 cm³/mol. The van der Waals surface area contributed by atoms with Crippen molar-refractivity contribution in [3.63, 3.8) is 0 Å². The Labute approximate surface area is 234 Å². The van der Waals surface area contributed by atoms with Gasteiger partial charge in [-0.1, -0.05) is 60.1 Å². The number of aryl methyl sites for hydroxylation is 1. The Balaban J connectivity index is 1.08. The number of carbonyl (C=O) groups excluding carboxylic acids is 2. The second kappa shape index (κ2) is 12.1. The van der Waals surface area contributed by atoms with Crippen LogP contribution in [0, 0.1) is 17.7 Å². The van der Waals surface area contributed by atoms with Gasteiger partial charge in [-0.15, -0.1) is 0 Å². The van der Waals surface area contributed by atoms with E-state index in [-0.39, 0.29) is 22.5 Å². The molecule has 5 rings (SSSR count). The van der Waals surface area contributed by atoms with E-state index < -0.39 is 5.82 Å². The molecule has 2 aliphatic rings. The monoisotopic (exact) mass is 548 g/mol. The van der Waals surface area contributed by atoms with Crippen molar-refractivity contribution in [1.29, 1.82) is 0 Å². The average Bonchev–Trinajstić information content (AvgIpc) is 3.51. The number of anilines is 1. The maximum absolute atomic E-state index is 14.3. The lowest BCUT2D eigenvalue weighted by atomic mass is 10.0. The molecule has 0 spiro atoms. The summed E-state index contributed by atoms with van der Waals surface area (Å²) in [6, 6.07) is 22.8. The van der Waals surface area contributed by atoms with Gasteiger partial charge in [0.15, 0.2) is 0 Å². The van der Waals surface area contributed by atoms with Gasteiger partial charge in [0.05, 0.1) is 10.6 Å². The molecule has 204 valence electrons. The molecule has 0 aromatic heterocycles. The zero-order chi connectivity index (χ0) is 27.4. The zero-order valence-electron chi connectivity index (χ0n) is 22.2. The number of likely N-dealkylation sites (tertiary alicyclic amines) is 1. The summed E-state index contributed by atoms with van der Waals surface area (Å²) in [5.41, 5.74) is 3.50. The number of hydrogen-bond donors (Lipinski definition) is 1. The molecule has 2 heterocycles. The topological polar surface area (TPSA) is 55.9 Å². The minimum absolute atomic E-state index is 0.0253. The van der Waals surface area contributed by atoms with Crippen LogP contribution in [-0.2, 0) is 13.0 Å². The molecule has 2 atom stereocenters. The van der Waals surface area contributed by atoms with Crippen LogP contribution in [0.1, 0.15) is 27.9 Å². The highest BCUT2D eigenvalue weighted by atomic mass is 35.5. The lowest BCUT2D eigenvalue weighted by Gasteiger charge is -2.24. The van der Waals surface area contributed by atoms with E-state index in [4.69, 9.17) is 11.6 Å². The Morgan fingerprint density at radius 3 is 2.36 bits per heavy atom. The van der Waals surface area contributed by atoms with E-state index in [1.165, 1.54) is 23.4 Å². The minimum atomic E-state index is -0.568. The van der Waals surface area contributed by atoms with Crippen LogP contribution < -0.4 is 10.2 Å². The third-order valence-corrected chi connectivity index (χ3v) is 8.07. The Morgan fingerprint density at radius 2 is 1.64 bits per heavy atom. The first-order chi connectivity index (χ1) is 18.9. The maximum atomic E-state index is 14.3. The summed E-state index contributed by atoms with van der Waals surface area (Å²) >= 11 is 6.13. The van der Waals surface area contributed by atoms with Gasteiger partial charge in [0, 0.05) is 63.8 Å². The Morgan fingerprint density at radius 1 is 0.949 bits per heavy atom. The number of urea groups is 1. The van der Waals surface area contributed by atoms with E-state index in [1.807, 2.05) is 30.3 Å². The number of benzene rings is 3. The van der Waals surface area contributed by atoms with Crippen molar-refractivity contribution in [3.05, 3.63) is 100 Å². The summed E-state index contributed by atoms with van der Waals surface area (Å²) in [7, 11) is 1.81. The van der Waals surface area contributed by atoms with Crippen molar-refractivity contribution in [2.24, 2.45) is 11.8 Å². The average molecular weight is 549 g/mol. The van der Waals surface area contributed by atoms with E-state index in [2.05, 4.69) is 34.5 Å². The number of rotatable bonds is 8. The molecule has 0 aliphatic carbocycles. The second-order valence-electron chi connectivity index (χ2n) is 10.6. The fourth-order valence-corrected chi connectivity index (χ4v) is 5.93. The van der Waals surface area contributed by atoms with E-state index in [9.17, 15) is 14.0 Å². The highest BCUT2D eigenvalue weighted by Gasteiger charge is 2.42. The first-order valence-corrected chi connectivity index (χ1v) is 13.9. The normalized spacial score (nSPS) is 18.2. The summed E-state index contributed by atoms with van der Waals surface area (Å²) in [4.78, 5) is 31.2. The summed E-state index contributed by atoms with van der Waals surface area (Å²) in [6.45, 7) is 4.16. The van der Waals surface area contributed by atoms with Crippen LogP contribution in [0.2, 0.25) is 5.02 Å². The molecule has 2 fully saturated rings. The predicted octanol–water partition coefficient (Wildman–Crippen LogP) is 5.46. The molecule has 39 heavy (non-hydrogen) atoms. The summed E-state index contributed by atoms with van der Waals surface area (Å²) in [6.07, 6.45) is 1.73. The van der Waals surface area contributed by atoms with Crippen molar-refractivity contribution in [2.75, 3.05) is 44.7 Å². The fraction of sp³-hybridized carbons (Fsp3) is 0.355. The van der Waals surface area contributed by atoms with Crippen LogP contribution in [0.15, 0.2) is 72.8 Å². The minimum Gasteiger partial charge on any atom is -0.371 e. The fourth-order valence-electron chi connectivity index (χ4n) is 5.69. The Hall–Kier alpha value is -3.58. The molecule has 3 aromatic rings. The van der Waals surface area contributed by atoms with Gasteiger partial charge in [0.1, 0.15) is 5.82 Å². The number of fused-ring (bicyclic) bond motifs is 1. The molecule has 3 amide bonds. The highest BCUT2D eigenvalue weighted by molar-refractivity contribution is 6.33. The van der Waals surface area contributed by atoms with Crippen molar-refractivity contribution in [3.8, 4) is 0 Å². The first kappa shape index (κ1) is 27.0. The van der Waals surface area contributed by atoms with E-state index in [1.54, 1.807) is 22.9 Å². The van der Waals surface area contributed by atoms with Crippen LogP contribution in [0.25, 0.3) is 0 Å². The first-order valence-electron chi connectivity index (χ1n) is 13.5. The number of hydrogen-bond acceptors (Lipinski definition) is 3. The molecule has 3 aromatic carbocycles. The van der Waals surface area contributed by atoms with Gasteiger partial charge in [0.25, 0.3) is 5.91 Å². The van der Waals surface area contributed by atoms with Crippen molar-refractivity contribution in [1.82, 2.24) is 15.1 Å². The molecule has 2 unspecified atom stereocenters. The SMILES string of the molecule is CN(Cc1ccccc1)C(=O)NCCCc1cccc(N2CC3CN(C(=O)c4c(F)cccc4Cl)CC3C2)c1. The molecular formula is C31H34ClFN4O2. The standard InChI is InChI=1S/C31H34ClFN4O2/c1-35(17-23-8-3-2-4-9-23)31(39)34-15-7-11-22-10-5-12-26(16-22)36-18-24-20-37(21-25(24)19-36)30(38)29-27(32)13-6-14-28(29)33/h2-6,8-10,12-14,16,24-25H,7,11,15,17-21H2,1H3,(H,34,39). The van der Waals surface area contributed by atoms with E-state index in [0.29, 0.717) is 38.0 Å². The quantitative estimate of drug-likeness (QED) is 0.380. The van der Waals surface area contributed by atoms with Crippen molar-refractivity contribution >= 4 is 29.2 Å². The van der Waals surface area contributed by atoms with Crippen molar-refractivity contribution in [2.45, 2.75) is 19.4 Å². The third-order valence-electron chi connectivity index (χ3n) is 7.75. The van der Waals surface area contributed by atoms with Crippen LogP contribution in [-0.4, -0.2) is 61.5 Å². The second-order valence-corrected chi connectivity index (χ2v) is 11.0. The Bertz CT molecular complexity index is 1290. The van der Waals surface area contributed by atoms with E-state index in [0.717, 1.165) is 31.5 Å². The highest BCUT2D eigenvalue weighted by Crippen LogP contribution is 2.35. The van der Waals surface area contributed by atoms with Gasteiger partial charge < -0.3 is 20.0 Å². The number of carbonyl (C=O) groups is 2. The molecule has 0 saturated carbocycles. The largest absolute Gasteiger partial charge is 0.371 e. The van der Waals surface area contributed by atoms with Gasteiger partial charge in [-0.05, 0) is 48.2 Å². The lowest BCUT2D eigenvalue weighted by molar-refractivity contribution is 0.0778. The zero-order valence-corrected chi connectivity index (χ0v) is 22.9. The van der Waals surface area contributed by atoms with Crippen LogP contribution >= 0.6 is 11.6 Å². The molecular weight excluding hydrogens is 515 g/mol. The number of nitrogens with one attached hydrogen (secondary N) is 1. The molecule has 2 aliphatic heterocycles. The van der Waals surface area contributed by atoms with Crippen LogP contribution in [0.5, 0.6) is 0 Å². The van der Waals surface area contributed by atoms with E-state index >= 15 is 0 Å². The molecule has 0 radical (unpaired) electrons. The number of halogens is 2. The number of nitrogens with zero attached hydrogens (tertiary/aromatic N) is 3. The Kier molecular flexibility index (Phi) is 8.36. The molecule has 2 saturated heterocycles. The summed E-state index contributed by atoms with van der Waals surface area (Å²) in [5.74, 6) is -0.182. The van der Waals surface area contributed by atoms with Crippen LogP contribution in [0.4, 0.5) is 14.9 Å². The smallest absolute Gasteiger partial charge is 0.317 e. The summed E-state index contributed by atoms with van der Waals surface area (Å²) in [5, 5.41) is 3.18. The lowest BCUT2D eigenvalue weighted by Crippen LogP contribution is -2.37. The van der Waals surface area contributed by atoms with Gasteiger partial charge in [-0.3, -0.25) is 4.79 Å². The van der Waals surface area contributed by atoms with Gasteiger partial charge >= 0.3 is 6.03 Å². The van der Waals surface area contributed by atoms with Gasteiger partial charge in [-0.25, -0.2) is 9.18 Å². The van der Waals surface area contributed by atoms with Crippen molar-refractivity contribution < 1.29 is 14.0 Å². The third kappa shape index (κ3) is 6.36. The molecule has 8 heteroatoms. The van der Waals surface area contributed by atoms with Gasteiger partial charge in [-0.2, -0.15) is 0 Å².